The molecule has 0 saturated heterocycles. The number of amides is 1. The van der Waals surface area contributed by atoms with Crippen molar-refractivity contribution >= 4 is 18.2 Å². The fourth-order valence-electron chi connectivity index (χ4n) is 2.34. The highest BCUT2D eigenvalue weighted by molar-refractivity contribution is 5.78. The van der Waals surface area contributed by atoms with Crippen molar-refractivity contribution in [2.75, 3.05) is 5.32 Å². The van der Waals surface area contributed by atoms with Crippen molar-refractivity contribution in [2.45, 2.75) is 40.2 Å². The third kappa shape index (κ3) is 3.77. The lowest BCUT2D eigenvalue weighted by atomic mass is 10.0. The Hall–Kier alpha value is -2.63. The third-order valence-corrected chi connectivity index (χ3v) is 3.26. The summed E-state index contributed by atoms with van der Waals surface area (Å²) in [6, 6.07) is 7.35. The van der Waals surface area contributed by atoms with Crippen molar-refractivity contribution < 1.29 is 14.3 Å². The Morgan fingerprint density at radius 2 is 1.83 bits per heavy atom. The number of aryl methyl sites for hydroxylation is 1. The lowest BCUT2D eigenvalue weighted by Gasteiger charge is -2.19. The molecule has 0 spiro atoms. The molecule has 0 bridgehead atoms. The van der Waals surface area contributed by atoms with Gasteiger partial charge in [0.1, 0.15) is 5.60 Å². The highest BCUT2D eigenvalue weighted by atomic mass is 16.6. The second kappa shape index (κ2) is 6.24. The molecule has 1 aromatic heterocycles. The first-order chi connectivity index (χ1) is 10.7. The van der Waals surface area contributed by atoms with E-state index in [2.05, 4.69) is 10.4 Å². The van der Waals surface area contributed by atoms with Gasteiger partial charge in [0.2, 0.25) is 6.41 Å². The lowest BCUT2D eigenvalue weighted by molar-refractivity contribution is -0.105. The summed E-state index contributed by atoms with van der Waals surface area (Å²) >= 11 is 0. The van der Waals surface area contributed by atoms with Crippen LogP contribution in [0.2, 0.25) is 0 Å². The molecular formula is C17H21N3O3. The van der Waals surface area contributed by atoms with Crippen molar-refractivity contribution in [1.29, 1.82) is 0 Å². The van der Waals surface area contributed by atoms with Gasteiger partial charge >= 0.3 is 6.09 Å². The maximum absolute atomic E-state index is 12.2. The Labute approximate surface area is 135 Å². The minimum Gasteiger partial charge on any atom is -0.442 e. The van der Waals surface area contributed by atoms with Gasteiger partial charge in [0.15, 0.2) is 0 Å². The molecule has 0 radical (unpaired) electrons. The molecule has 0 unspecified atom stereocenters. The average Bonchev–Trinajstić information content (AvgIpc) is 2.74. The highest BCUT2D eigenvalue weighted by Crippen LogP contribution is 2.28. The Bertz CT molecular complexity index is 725. The average molecular weight is 315 g/mol. The van der Waals surface area contributed by atoms with Crippen LogP contribution in [0.1, 0.15) is 32.2 Å². The van der Waals surface area contributed by atoms with Gasteiger partial charge in [-0.15, -0.1) is 0 Å². The smallest absolute Gasteiger partial charge is 0.435 e. The van der Waals surface area contributed by atoms with Crippen LogP contribution in [0, 0.1) is 13.8 Å². The standard InChI is InChI=1S/C17H21N3O3/c1-11-15(13-6-8-14(9-7-13)18-10-21)12(2)20(19-11)16(22)23-17(3,4)5/h6-10H,1-5H3,(H,18,21). The second-order valence-corrected chi connectivity index (χ2v) is 6.28. The summed E-state index contributed by atoms with van der Waals surface area (Å²) in [5, 5.41) is 6.89. The van der Waals surface area contributed by atoms with E-state index in [1.165, 1.54) is 4.68 Å². The van der Waals surface area contributed by atoms with Crippen LogP contribution < -0.4 is 5.32 Å². The second-order valence-electron chi connectivity index (χ2n) is 6.28. The first-order valence-electron chi connectivity index (χ1n) is 7.33. The monoisotopic (exact) mass is 315 g/mol. The normalized spacial score (nSPS) is 11.2. The van der Waals surface area contributed by atoms with Crippen LogP contribution in [-0.4, -0.2) is 27.9 Å². The summed E-state index contributed by atoms with van der Waals surface area (Å²) in [6.07, 6.45) is 0.134. The van der Waals surface area contributed by atoms with Crippen molar-refractivity contribution in [1.82, 2.24) is 9.78 Å². The van der Waals surface area contributed by atoms with Gasteiger partial charge in [-0.25, -0.2) is 4.79 Å². The van der Waals surface area contributed by atoms with E-state index < -0.39 is 11.7 Å². The van der Waals surface area contributed by atoms with Crippen LogP contribution in [0.3, 0.4) is 0 Å². The SMILES string of the molecule is Cc1nn(C(=O)OC(C)(C)C)c(C)c1-c1ccc(NC=O)cc1. The highest BCUT2D eigenvalue weighted by Gasteiger charge is 2.23. The lowest BCUT2D eigenvalue weighted by Crippen LogP contribution is -2.28. The van der Waals surface area contributed by atoms with Gasteiger partial charge in [0.05, 0.1) is 11.4 Å². The van der Waals surface area contributed by atoms with Gasteiger partial charge in [-0.3, -0.25) is 4.79 Å². The van der Waals surface area contributed by atoms with Gasteiger partial charge in [-0.1, -0.05) is 12.1 Å². The molecule has 0 aliphatic rings. The van der Waals surface area contributed by atoms with Crippen molar-refractivity contribution in [2.24, 2.45) is 0 Å². The molecular weight excluding hydrogens is 294 g/mol. The van der Waals surface area contributed by atoms with E-state index in [0.717, 1.165) is 16.8 Å². The van der Waals surface area contributed by atoms with E-state index in [4.69, 9.17) is 4.74 Å². The van der Waals surface area contributed by atoms with E-state index in [-0.39, 0.29) is 0 Å². The molecule has 23 heavy (non-hydrogen) atoms. The minimum atomic E-state index is -0.578. The van der Waals surface area contributed by atoms with Gasteiger partial charge in [-0.05, 0) is 52.3 Å². The van der Waals surface area contributed by atoms with Crippen LogP contribution in [0.15, 0.2) is 24.3 Å². The molecule has 6 heteroatoms. The first-order valence-corrected chi connectivity index (χ1v) is 7.33. The molecule has 1 aromatic carbocycles. The number of nitrogens with one attached hydrogen (secondary N) is 1. The number of aromatic nitrogens is 2. The van der Waals surface area contributed by atoms with Crippen molar-refractivity contribution in [3.05, 3.63) is 35.7 Å². The molecule has 2 rings (SSSR count). The molecule has 0 aliphatic heterocycles. The number of hydrogen-bond donors (Lipinski definition) is 1. The summed E-state index contributed by atoms with van der Waals surface area (Å²) in [5.41, 5.74) is 3.39. The number of carbonyl (C=O) groups excluding carboxylic acids is 2. The fourth-order valence-corrected chi connectivity index (χ4v) is 2.34. The maximum atomic E-state index is 12.2. The predicted molar refractivity (Wildman–Crippen MR) is 88.5 cm³/mol. The molecule has 0 aliphatic carbocycles. The molecule has 0 fully saturated rings. The van der Waals surface area contributed by atoms with E-state index in [9.17, 15) is 9.59 Å². The van der Waals surface area contributed by atoms with Crippen LogP contribution in [-0.2, 0) is 9.53 Å². The molecule has 1 N–H and O–H groups in total. The Morgan fingerprint density at radius 3 is 2.35 bits per heavy atom. The van der Waals surface area contributed by atoms with Crippen LogP contribution >= 0.6 is 0 Å². The summed E-state index contributed by atoms with van der Waals surface area (Å²) in [7, 11) is 0. The maximum Gasteiger partial charge on any atom is 0.435 e. The summed E-state index contributed by atoms with van der Waals surface area (Å²) in [5.74, 6) is 0. The summed E-state index contributed by atoms with van der Waals surface area (Å²) in [4.78, 5) is 22.7. The molecule has 6 nitrogen and oxygen atoms in total. The zero-order valence-corrected chi connectivity index (χ0v) is 14.0. The fraction of sp³-hybridized carbons (Fsp3) is 0.353. The molecule has 1 heterocycles. The van der Waals surface area contributed by atoms with Gasteiger partial charge in [-0.2, -0.15) is 9.78 Å². The van der Waals surface area contributed by atoms with Crippen LogP contribution in [0.5, 0.6) is 0 Å². The van der Waals surface area contributed by atoms with Gasteiger partial charge in [0, 0.05) is 11.3 Å². The van der Waals surface area contributed by atoms with Gasteiger partial charge < -0.3 is 10.1 Å². The summed E-state index contributed by atoms with van der Waals surface area (Å²) in [6.45, 7) is 9.13. The zero-order valence-electron chi connectivity index (χ0n) is 14.0. The van der Waals surface area contributed by atoms with E-state index in [1.54, 1.807) is 12.1 Å². The third-order valence-electron chi connectivity index (χ3n) is 3.26. The Morgan fingerprint density at radius 1 is 1.22 bits per heavy atom. The first kappa shape index (κ1) is 16.7. The number of ether oxygens (including phenoxy) is 1. The number of benzene rings is 1. The predicted octanol–water partition coefficient (Wildman–Crippen LogP) is 3.52. The van der Waals surface area contributed by atoms with E-state index in [0.29, 0.717) is 17.8 Å². The quantitative estimate of drug-likeness (QED) is 0.880. The number of anilines is 1. The Kier molecular flexibility index (Phi) is 4.54. The number of nitrogens with zero attached hydrogens (tertiary/aromatic N) is 2. The van der Waals surface area contributed by atoms with Crippen molar-refractivity contribution in [3.63, 3.8) is 0 Å². The molecule has 122 valence electrons. The Balaban J connectivity index is 2.37. The molecule has 2 aromatic rings. The topological polar surface area (TPSA) is 73.2 Å². The number of carbonyl (C=O) groups is 2. The van der Waals surface area contributed by atoms with Crippen LogP contribution in [0.25, 0.3) is 11.1 Å². The van der Waals surface area contributed by atoms with Crippen molar-refractivity contribution in [3.8, 4) is 11.1 Å². The molecule has 0 atom stereocenters. The van der Waals surface area contributed by atoms with E-state index >= 15 is 0 Å². The zero-order chi connectivity index (χ0) is 17.2. The molecule has 0 saturated carbocycles. The number of hydrogen-bond acceptors (Lipinski definition) is 4. The van der Waals surface area contributed by atoms with Gasteiger partial charge in [0.25, 0.3) is 0 Å². The van der Waals surface area contributed by atoms with E-state index in [1.807, 2.05) is 46.8 Å². The number of rotatable bonds is 3. The van der Waals surface area contributed by atoms with Crippen LogP contribution in [0.4, 0.5) is 10.5 Å². The summed E-state index contributed by atoms with van der Waals surface area (Å²) < 4.78 is 6.66. The largest absolute Gasteiger partial charge is 0.442 e. The minimum absolute atomic E-state index is 0.497. The molecule has 1 amide bonds.